The fourth-order valence-electron chi connectivity index (χ4n) is 1.90. The van der Waals surface area contributed by atoms with Crippen LogP contribution in [0.3, 0.4) is 0 Å². The van der Waals surface area contributed by atoms with Gasteiger partial charge in [0.25, 0.3) is 0 Å². The molecular weight excluding hydrogens is 302 g/mol. The Morgan fingerprint density at radius 2 is 1.95 bits per heavy atom. The number of carbonyl (C=O) groups excluding carboxylic acids is 2. The monoisotopic (exact) mass is 325 g/mol. The second-order valence-corrected chi connectivity index (χ2v) is 5.89. The third kappa shape index (κ3) is 5.31. The third-order valence-corrected chi connectivity index (χ3v) is 3.86. The van der Waals surface area contributed by atoms with Gasteiger partial charge < -0.3 is 16.0 Å². The Balaban J connectivity index is 2.58. The van der Waals surface area contributed by atoms with Gasteiger partial charge in [-0.05, 0) is 24.5 Å². The molecule has 5 nitrogen and oxygen atoms in total. The fraction of sp³-hybridized carbons (Fsp3) is 0.500. The maximum atomic E-state index is 12.2. The zero-order valence-electron chi connectivity index (χ0n) is 13.3. The Bertz CT molecular complexity index is 520. The zero-order valence-corrected chi connectivity index (χ0v) is 14.1. The highest BCUT2D eigenvalue weighted by atomic mass is 35.5. The molecule has 0 heterocycles. The molecule has 0 radical (unpaired) electrons. The fourth-order valence-corrected chi connectivity index (χ4v) is 2.10. The van der Waals surface area contributed by atoms with Crippen LogP contribution in [-0.4, -0.2) is 35.8 Å². The van der Waals surface area contributed by atoms with E-state index < -0.39 is 6.04 Å². The molecule has 6 heteroatoms. The number of carbonyl (C=O) groups is 2. The van der Waals surface area contributed by atoms with Crippen LogP contribution in [0.2, 0.25) is 5.02 Å². The molecule has 0 unspecified atom stereocenters. The first-order valence-electron chi connectivity index (χ1n) is 7.41. The molecule has 0 aliphatic rings. The average molecular weight is 326 g/mol. The second kappa shape index (κ2) is 8.76. The Morgan fingerprint density at radius 3 is 2.50 bits per heavy atom. The first kappa shape index (κ1) is 18.5. The van der Waals surface area contributed by atoms with Gasteiger partial charge in [0.15, 0.2) is 0 Å². The highest BCUT2D eigenvalue weighted by Crippen LogP contribution is 2.16. The number of halogens is 1. The molecule has 2 amide bonds. The van der Waals surface area contributed by atoms with Crippen LogP contribution in [0.5, 0.6) is 0 Å². The van der Waals surface area contributed by atoms with Crippen molar-refractivity contribution in [3.8, 4) is 0 Å². The van der Waals surface area contributed by atoms with Gasteiger partial charge in [-0.1, -0.05) is 43.6 Å². The second-order valence-electron chi connectivity index (χ2n) is 5.49. The molecule has 3 N–H and O–H groups in total. The first-order chi connectivity index (χ1) is 10.4. The van der Waals surface area contributed by atoms with E-state index in [0.717, 1.165) is 5.56 Å². The maximum absolute atomic E-state index is 12.2. The average Bonchev–Trinajstić information content (AvgIpc) is 2.50. The van der Waals surface area contributed by atoms with E-state index in [-0.39, 0.29) is 24.3 Å². The number of nitrogens with two attached hydrogens (primary N) is 1. The summed E-state index contributed by atoms with van der Waals surface area (Å²) in [6, 6.07) is 6.79. The van der Waals surface area contributed by atoms with Crippen molar-refractivity contribution in [1.82, 2.24) is 10.2 Å². The quantitative estimate of drug-likeness (QED) is 0.802. The molecule has 1 rings (SSSR count). The summed E-state index contributed by atoms with van der Waals surface area (Å²) < 4.78 is 0. The minimum atomic E-state index is -0.605. The summed E-state index contributed by atoms with van der Waals surface area (Å²) in [5.74, 6) is -0.440. The van der Waals surface area contributed by atoms with Crippen LogP contribution in [0, 0.1) is 5.92 Å². The number of hydrogen-bond acceptors (Lipinski definition) is 3. The Morgan fingerprint density at radius 1 is 1.32 bits per heavy atom. The van der Waals surface area contributed by atoms with Crippen LogP contribution in [0.4, 0.5) is 0 Å². The molecule has 1 aromatic rings. The lowest BCUT2D eigenvalue weighted by Gasteiger charge is -2.22. The van der Waals surface area contributed by atoms with Gasteiger partial charge in [-0.2, -0.15) is 0 Å². The van der Waals surface area contributed by atoms with Crippen molar-refractivity contribution in [1.29, 1.82) is 0 Å². The summed E-state index contributed by atoms with van der Waals surface area (Å²) in [6.45, 7) is 6.51. The van der Waals surface area contributed by atoms with Crippen LogP contribution in [0.25, 0.3) is 0 Å². The minimum Gasteiger partial charge on any atom is -0.346 e. The van der Waals surface area contributed by atoms with Crippen molar-refractivity contribution < 1.29 is 9.59 Å². The number of rotatable bonds is 7. The van der Waals surface area contributed by atoms with Crippen LogP contribution in [0.1, 0.15) is 26.3 Å². The van der Waals surface area contributed by atoms with Crippen LogP contribution in [-0.2, 0) is 16.1 Å². The molecule has 1 atom stereocenters. The summed E-state index contributed by atoms with van der Waals surface area (Å²) in [6.07, 6.45) is 0. The topological polar surface area (TPSA) is 75.4 Å². The molecule has 1 aromatic carbocycles. The molecule has 0 saturated heterocycles. The number of nitrogens with zero attached hydrogens (tertiary/aromatic N) is 1. The minimum absolute atomic E-state index is 0.0282. The molecule has 0 bridgehead atoms. The molecule has 0 fully saturated rings. The lowest BCUT2D eigenvalue weighted by Crippen LogP contribution is -2.47. The van der Waals surface area contributed by atoms with Gasteiger partial charge in [0.05, 0.1) is 12.6 Å². The number of nitrogens with one attached hydrogen (secondary N) is 1. The third-order valence-electron chi connectivity index (χ3n) is 3.49. The number of hydrogen-bond donors (Lipinski definition) is 2. The van der Waals surface area contributed by atoms with Crippen LogP contribution in [0.15, 0.2) is 24.3 Å². The summed E-state index contributed by atoms with van der Waals surface area (Å²) in [4.78, 5) is 25.6. The van der Waals surface area contributed by atoms with Crippen LogP contribution < -0.4 is 11.1 Å². The van der Waals surface area contributed by atoms with E-state index in [0.29, 0.717) is 18.1 Å². The molecule has 0 saturated carbocycles. The van der Waals surface area contributed by atoms with E-state index in [2.05, 4.69) is 5.32 Å². The summed E-state index contributed by atoms with van der Waals surface area (Å²) >= 11 is 6.11. The molecule has 122 valence electrons. The van der Waals surface area contributed by atoms with Crippen molar-refractivity contribution >= 4 is 23.4 Å². The summed E-state index contributed by atoms with van der Waals surface area (Å²) in [7, 11) is 0. The van der Waals surface area contributed by atoms with Gasteiger partial charge in [-0.3, -0.25) is 9.59 Å². The van der Waals surface area contributed by atoms with E-state index in [9.17, 15) is 9.59 Å². The molecule has 0 aliphatic carbocycles. The van der Waals surface area contributed by atoms with Crippen molar-refractivity contribution in [3.63, 3.8) is 0 Å². The number of amides is 2. The zero-order chi connectivity index (χ0) is 16.7. The summed E-state index contributed by atoms with van der Waals surface area (Å²) in [5.41, 5.74) is 6.62. The Kier molecular flexibility index (Phi) is 7.35. The lowest BCUT2D eigenvalue weighted by molar-refractivity contribution is -0.133. The molecule has 0 spiro atoms. The van der Waals surface area contributed by atoms with Crippen molar-refractivity contribution in [2.45, 2.75) is 33.4 Å². The largest absolute Gasteiger partial charge is 0.346 e. The van der Waals surface area contributed by atoms with E-state index in [4.69, 9.17) is 17.3 Å². The Labute approximate surface area is 136 Å². The Hall–Kier alpha value is -1.59. The van der Waals surface area contributed by atoms with Crippen LogP contribution >= 0.6 is 11.6 Å². The van der Waals surface area contributed by atoms with Gasteiger partial charge in [-0.25, -0.2) is 0 Å². The van der Waals surface area contributed by atoms with Gasteiger partial charge in [0, 0.05) is 18.1 Å². The SMILES string of the molecule is CCN(Cc1ccccc1Cl)C(=O)CNC(=O)[C@@H](N)C(C)C. The van der Waals surface area contributed by atoms with E-state index in [1.165, 1.54) is 0 Å². The first-order valence-corrected chi connectivity index (χ1v) is 7.79. The lowest BCUT2D eigenvalue weighted by atomic mass is 10.1. The van der Waals surface area contributed by atoms with Gasteiger partial charge in [0.2, 0.25) is 11.8 Å². The predicted octanol–water partition coefficient (Wildman–Crippen LogP) is 1.79. The molecule has 0 aliphatic heterocycles. The van der Waals surface area contributed by atoms with Gasteiger partial charge in [-0.15, -0.1) is 0 Å². The summed E-state index contributed by atoms with van der Waals surface area (Å²) in [5, 5.41) is 3.22. The van der Waals surface area contributed by atoms with Gasteiger partial charge in [0.1, 0.15) is 0 Å². The van der Waals surface area contributed by atoms with E-state index >= 15 is 0 Å². The molecule has 0 aromatic heterocycles. The highest BCUT2D eigenvalue weighted by molar-refractivity contribution is 6.31. The highest BCUT2D eigenvalue weighted by Gasteiger charge is 2.19. The normalized spacial score (nSPS) is 12.1. The van der Waals surface area contributed by atoms with Crippen molar-refractivity contribution in [3.05, 3.63) is 34.9 Å². The van der Waals surface area contributed by atoms with E-state index in [1.807, 2.05) is 39.0 Å². The van der Waals surface area contributed by atoms with Crippen molar-refractivity contribution in [2.24, 2.45) is 11.7 Å². The standard InChI is InChI=1S/C16H24ClN3O2/c1-4-20(10-12-7-5-6-8-13(12)17)14(21)9-19-16(22)15(18)11(2)3/h5-8,11,15H,4,9-10,18H2,1-3H3,(H,19,22)/t15-/m0/s1. The maximum Gasteiger partial charge on any atom is 0.242 e. The number of likely N-dealkylation sites (N-methyl/N-ethyl adjacent to an activating group) is 1. The number of benzene rings is 1. The van der Waals surface area contributed by atoms with E-state index in [1.54, 1.807) is 11.0 Å². The predicted molar refractivity (Wildman–Crippen MR) is 88.4 cm³/mol. The van der Waals surface area contributed by atoms with Gasteiger partial charge >= 0.3 is 0 Å². The van der Waals surface area contributed by atoms with Crippen molar-refractivity contribution in [2.75, 3.05) is 13.1 Å². The molecule has 22 heavy (non-hydrogen) atoms. The molecular formula is C16H24ClN3O2. The smallest absolute Gasteiger partial charge is 0.242 e.